The van der Waals surface area contributed by atoms with Gasteiger partial charge in [0.25, 0.3) is 5.91 Å². The van der Waals surface area contributed by atoms with E-state index in [0.717, 1.165) is 44.6 Å². The summed E-state index contributed by atoms with van der Waals surface area (Å²) in [5.74, 6) is 0.0545. The molecule has 0 saturated carbocycles. The van der Waals surface area contributed by atoms with Gasteiger partial charge in [-0.25, -0.2) is 0 Å². The summed E-state index contributed by atoms with van der Waals surface area (Å²) in [6.07, 6.45) is 4.99. The van der Waals surface area contributed by atoms with Crippen molar-refractivity contribution in [3.05, 3.63) is 47.8 Å². The zero-order valence-electron chi connectivity index (χ0n) is 16.2. The minimum Gasteiger partial charge on any atom is -0.363 e. The van der Waals surface area contributed by atoms with Gasteiger partial charge in [-0.15, -0.1) is 0 Å². The standard InChI is InChI=1S/C21H28N4O2/c1-17-18(13-22-23(17)2)14-24-11-6-9-21(10-12-24)16-25(20(26)15-27-21)19-7-4-3-5-8-19/h3-5,7-8,13H,6,9-12,14-16H2,1-2H3. The van der Waals surface area contributed by atoms with Crippen LogP contribution in [0.5, 0.6) is 0 Å². The first-order chi connectivity index (χ1) is 13.1. The molecule has 0 aliphatic carbocycles. The Bertz CT molecular complexity index is 804. The highest BCUT2D eigenvalue weighted by Crippen LogP contribution is 2.33. The summed E-state index contributed by atoms with van der Waals surface area (Å²) in [6, 6.07) is 9.95. The molecule has 3 heterocycles. The maximum absolute atomic E-state index is 12.4. The highest BCUT2D eigenvalue weighted by molar-refractivity contribution is 5.95. The zero-order chi connectivity index (χ0) is 18.9. The molecule has 6 nitrogen and oxygen atoms in total. The molecule has 6 heteroatoms. The van der Waals surface area contributed by atoms with Gasteiger partial charge < -0.3 is 9.64 Å². The number of morpholine rings is 1. The van der Waals surface area contributed by atoms with Crippen molar-refractivity contribution < 1.29 is 9.53 Å². The molecule has 0 radical (unpaired) electrons. The molecule has 2 fully saturated rings. The van der Waals surface area contributed by atoms with E-state index in [9.17, 15) is 4.79 Å². The summed E-state index contributed by atoms with van der Waals surface area (Å²) >= 11 is 0. The first-order valence-corrected chi connectivity index (χ1v) is 9.76. The van der Waals surface area contributed by atoms with Gasteiger partial charge >= 0.3 is 0 Å². The summed E-state index contributed by atoms with van der Waals surface area (Å²) in [4.78, 5) is 16.8. The van der Waals surface area contributed by atoms with E-state index in [1.54, 1.807) is 0 Å². The van der Waals surface area contributed by atoms with Gasteiger partial charge in [-0.1, -0.05) is 18.2 Å². The average Bonchev–Trinajstić information content (AvgIpc) is 2.89. The number of aromatic nitrogens is 2. The third-order valence-electron chi connectivity index (χ3n) is 6.04. The van der Waals surface area contributed by atoms with Crippen LogP contribution in [0.4, 0.5) is 5.69 Å². The molecule has 2 aromatic rings. The van der Waals surface area contributed by atoms with Crippen LogP contribution in [0.15, 0.2) is 36.5 Å². The lowest BCUT2D eigenvalue weighted by molar-refractivity contribution is -0.140. The molecule has 1 aromatic heterocycles. The van der Waals surface area contributed by atoms with Crippen LogP contribution >= 0.6 is 0 Å². The number of nitrogens with zero attached hydrogens (tertiary/aromatic N) is 4. The molecule has 1 atom stereocenters. The van der Waals surface area contributed by atoms with E-state index in [0.29, 0.717) is 6.54 Å². The number of carbonyl (C=O) groups excluding carboxylic acids is 1. The summed E-state index contributed by atoms with van der Waals surface area (Å²) in [6.45, 7) is 5.91. The van der Waals surface area contributed by atoms with Gasteiger partial charge in [-0.05, 0) is 44.9 Å². The average molecular weight is 368 g/mol. The van der Waals surface area contributed by atoms with Crippen molar-refractivity contribution in [1.82, 2.24) is 14.7 Å². The van der Waals surface area contributed by atoms with Crippen molar-refractivity contribution in [3.63, 3.8) is 0 Å². The molecule has 1 unspecified atom stereocenters. The fourth-order valence-corrected chi connectivity index (χ4v) is 4.18. The predicted octanol–water partition coefficient (Wildman–Crippen LogP) is 2.52. The quantitative estimate of drug-likeness (QED) is 0.835. The first-order valence-electron chi connectivity index (χ1n) is 9.76. The van der Waals surface area contributed by atoms with Crippen LogP contribution in [0, 0.1) is 6.92 Å². The SMILES string of the molecule is Cc1c(CN2CCCC3(CC2)CN(c2ccccc2)C(=O)CO3)cnn1C. The lowest BCUT2D eigenvalue weighted by Gasteiger charge is -2.42. The van der Waals surface area contributed by atoms with Crippen LogP contribution in [0.25, 0.3) is 0 Å². The molecule has 2 saturated heterocycles. The normalized spacial score (nSPS) is 24.4. The second-order valence-electron chi connectivity index (χ2n) is 7.80. The van der Waals surface area contributed by atoms with Gasteiger partial charge in [-0.3, -0.25) is 14.4 Å². The Balaban J connectivity index is 1.45. The third-order valence-corrected chi connectivity index (χ3v) is 6.04. The van der Waals surface area contributed by atoms with Crippen molar-refractivity contribution in [3.8, 4) is 0 Å². The van der Waals surface area contributed by atoms with E-state index in [1.807, 2.05) is 53.2 Å². The number of ether oxygens (including phenoxy) is 1. The van der Waals surface area contributed by atoms with Gasteiger partial charge in [0.15, 0.2) is 0 Å². The highest BCUT2D eigenvalue weighted by Gasteiger charge is 2.41. The van der Waals surface area contributed by atoms with E-state index in [1.165, 1.54) is 11.3 Å². The minimum atomic E-state index is -0.234. The number of benzene rings is 1. The van der Waals surface area contributed by atoms with Gasteiger partial charge in [0.05, 0.1) is 18.3 Å². The van der Waals surface area contributed by atoms with E-state index in [2.05, 4.69) is 16.9 Å². The summed E-state index contributed by atoms with van der Waals surface area (Å²) in [7, 11) is 1.99. The number of aryl methyl sites for hydroxylation is 1. The molecule has 0 bridgehead atoms. The van der Waals surface area contributed by atoms with Crippen LogP contribution in [0.1, 0.15) is 30.5 Å². The maximum Gasteiger partial charge on any atom is 0.253 e. The Morgan fingerprint density at radius 3 is 2.74 bits per heavy atom. The van der Waals surface area contributed by atoms with Crippen LogP contribution in [0.3, 0.4) is 0 Å². The molecular weight excluding hydrogens is 340 g/mol. The van der Waals surface area contributed by atoms with Crippen molar-refractivity contribution >= 4 is 11.6 Å². The summed E-state index contributed by atoms with van der Waals surface area (Å²) in [5.41, 5.74) is 3.25. The van der Waals surface area contributed by atoms with E-state index in [4.69, 9.17) is 4.74 Å². The van der Waals surface area contributed by atoms with Crippen LogP contribution in [-0.2, 0) is 23.1 Å². The number of rotatable bonds is 3. The van der Waals surface area contributed by atoms with Crippen molar-refractivity contribution in [2.75, 3.05) is 31.1 Å². The fraction of sp³-hybridized carbons (Fsp3) is 0.524. The molecule has 1 aromatic carbocycles. The fourth-order valence-electron chi connectivity index (χ4n) is 4.18. The second kappa shape index (κ2) is 7.44. The summed E-state index contributed by atoms with van der Waals surface area (Å²) in [5, 5.41) is 4.36. The van der Waals surface area contributed by atoms with Crippen molar-refractivity contribution in [2.24, 2.45) is 7.05 Å². The molecule has 2 aliphatic rings. The molecule has 1 amide bonds. The van der Waals surface area contributed by atoms with Crippen LogP contribution < -0.4 is 4.90 Å². The first kappa shape index (κ1) is 18.2. The molecular formula is C21H28N4O2. The van der Waals surface area contributed by atoms with Crippen LogP contribution in [0.2, 0.25) is 0 Å². The number of hydrogen-bond acceptors (Lipinski definition) is 4. The largest absolute Gasteiger partial charge is 0.363 e. The van der Waals surface area contributed by atoms with E-state index >= 15 is 0 Å². The maximum atomic E-state index is 12.4. The number of hydrogen-bond donors (Lipinski definition) is 0. The number of para-hydroxylation sites is 1. The van der Waals surface area contributed by atoms with Crippen molar-refractivity contribution in [1.29, 1.82) is 0 Å². The smallest absolute Gasteiger partial charge is 0.253 e. The third kappa shape index (κ3) is 3.77. The Hall–Kier alpha value is -2.18. The van der Waals surface area contributed by atoms with E-state index in [-0.39, 0.29) is 18.1 Å². The Morgan fingerprint density at radius 2 is 2.00 bits per heavy atom. The predicted molar refractivity (Wildman–Crippen MR) is 105 cm³/mol. The van der Waals surface area contributed by atoms with Gasteiger partial charge in [-0.2, -0.15) is 5.10 Å². The number of amides is 1. The zero-order valence-corrected chi connectivity index (χ0v) is 16.2. The molecule has 144 valence electrons. The monoisotopic (exact) mass is 368 g/mol. The minimum absolute atomic E-state index is 0.0545. The molecule has 1 spiro atoms. The molecule has 0 N–H and O–H groups in total. The number of carbonyl (C=O) groups is 1. The molecule has 4 rings (SSSR count). The number of likely N-dealkylation sites (tertiary alicyclic amines) is 1. The van der Waals surface area contributed by atoms with E-state index < -0.39 is 0 Å². The van der Waals surface area contributed by atoms with Gasteiger partial charge in [0.1, 0.15) is 6.61 Å². The Kier molecular flexibility index (Phi) is 5.02. The molecule has 27 heavy (non-hydrogen) atoms. The topological polar surface area (TPSA) is 50.6 Å². The van der Waals surface area contributed by atoms with Crippen LogP contribution in [-0.4, -0.2) is 52.4 Å². The number of anilines is 1. The second-order valence-corrected chi connectivity index (χ2v) is 7.80. The summed E-state index contributed by atoms with van der Waals surface area (Å²) < 4.78 is 8.08. The van der Waals surface area contributed by atoms with Gasteiger partial charge in [0, 0.05) is 37.1 Å². The Labute approximate surface area is 160 Å². The lowest BCUT2D eigenvalue weighted by atomic mass is 9.92. The Morgan fingerprint density at radius 1 is 1.19 bits per heavy atom. The highest BCUT2D eigenvalue weighted by atomic mass is 16.5. The van der Waals surface area contributed by atoms with Gasteiger partial charge in [0.2, 0.25) is 0 Å². The molecule has 2 aliphatic heterocycles. The van der Waals surface area contributed by atoms with Crippen molar-refractivity contribution in [2.45, 2.75) is 38.3 Å². The lowest BCUT2D eigenvalue weighted by Crippen LogP contribution is -2.55.